The fraction of sp³-hybridized carbons (Fsp3) is 0.360. The number of aryl methyl sites for hydroxylation is 1. The summed E-state index contributed by atoms with van der Waals surface area (Å²) in [5, 5.41) is 8.40. The van der Waals surface area contributed by atoms with Gasteiger partial charge in [0, 0.05) is 24.2 Å². The van der Waals surface area contributed by atoms with E-state index in [1.807, 2.05) is 44.2 Å². The van der Waals surface area contributed by atoms with Gasteiger partial charge in [0.05, 0.1) is 13.0 Å². The van der Waals surface area contributed by atoms with Crippen LogP contribution in [0.5, 0.6) is 0 Å². The van der Waals surface area contributed by atoms with Gasteiger partial charge in [0.2, 0.25) is 11.8 Å². The van der Waals surface area contributed by atoms with Crippen LogP contribution in [0, 0.1) is 5.92 Å². The summed E-state index contributed by atoms with van der Waals surface area (Å²) in [6, 6.07) is 17.0. The zero-order chi connectivity index (χ0) is 24.1. The molecule has 2 amide bonds. The third kappa shape index (κ3) is 11.2. The first-order valence-corrected chi connectivity index (χ1v) is 11.4. The number of rotatable bonds is 11. The smallest absolute Gasteiger partial charge is 0.306 e. The predicted molar refractivity (Wildman–Crippen MR) is 134 cm³/mol. The van der Waals surface area contributed by atoms with Crippen LogP contribution in [0.1, 0.15) is 45.1 Å². The van der Waals surface area contributed by atoms with Gasteiger partial charge < -0.3 is 20.7 Å². The van der Waals surface area contributed by atoms with E-state index in [1.165, 1.54) is 5.56 Å². The van der Waals surface area contributed by atoms with Crippen molar-refractivity contribution in [3.05, 3.63) is 60.2 Å². The van der Waals surface area contributed by atoms with Crippen molar-refractivity contribution in [3.8, 4) is 0 Å². The van der Waals surface area contributed by atoms with Gasteiger partial charge in [-0.1, -0.05) is 44.2 Å². The van der Waals surface area contributed by atoms with Crippen LogP contribution in [0.15, 0.2) is 54.6 Å². The molecule has 2 aromatic carbocycles. The van der Waals surface area contributed by atoms with E-state index in [0.29, 0.717) is 24.4 Å². The Morgan fingerprint density at radius 1 is 0.879 bits per heavy atom. The van der Waals surface area contributed by atoms with Crippen molar-refractivity contribution >= 4 is 46.5 Å². The Hall–Kier alpha value is -3.26. The first-order chi connectivity index (χ1) is 15.8. The second kappa shape index (κ2) is 14.0. The number of ether oxygens (including phenoxy) is 1. The van der Waals surface area contributed by atoms with E-state index in [-0.39, 0.29) is 35.7 Å². The Morgan fingerprint density at radius 2 is 1.52 bits per heavy atom. The van der Waals surface area contributed by atoms with Crippen molar-refractivity contribution in [3.63, 3.8) is 0 Å². The van der Waals surface area contributed by atoms with E-state index in [4.69, 9.17) is 17.0 Å². The Labute approximate surface area is 200 Å². The minimum absolute atomic E-state index is 0.00937. The summed E-state index contributed by atoms with van der Waals surface area (Å²) >= 11 is 5.15. The van der Waals surface area contributed by atoms with Crippen molar-refractivity contribution in [2.24, 2.45) is 5.92 Å². The molecule has 0 bridgehead atoms. The minimum atomic E-state index is -0.410. The Kier molecular flexibility index (Phi) is 11.0. The number of hydrogen-bond donors (Lipinski definition) is 3. The number of nitrogens with one attached hydrogen (secondary N) is 3. The molecule has 0 saturated heterocycles. The number of thiocarbonyl (C=S) groups is 1. The standard InChI is InChI=1S/C25H31N3O4S/c1-18(2)17-23(30)26-20-10-12-21(13-11-20)27-25(33)28-22(29)14-15-24(31)32-16-6-9-19-7-4-3-5-8-19/h3-5,7-8,10-13,18H,6,9,14-17H2,1-2H3,(H,26,30)(H2,27,28,29,33). The molecule has 0 radical (unpaired) electrons. The topological polar surface area (TPSA) is 96.5 Å². The van der Waals surface area contributed by atoms with Gasteiger partial charge in [-0.25, -0.2) is 0 Å². The van der Waals surface area contributed by atoms with E-state index in [9.17, 15) is 14.4 Å². The number of anilines is 2. The summed E-state index contributed by atoms with van der Waals surface area (Å²) < 4.78 is 5.18. The van der Waals surface area contributed by atoms with Gasteiger partial charge >= 0.3 is 5.97 Å². The van der Waals surface area contributed by atoms with Crippen LogP contribution in [0.2, 0.25) is 0 Å². The SMILES string of the molecule is CC(C)CC(=O)Nc1ccc(NC(=S)NC(=O)CCC(=O)OCCCc2ccccc2)cc1. The fourth-order valence-corrected chi connectivity index (χ4v) is 3.20. The van der Waals surface area contributed by atoms with Crippen molar-refractivity contribution < 1.29 is 19.1 Å². The summed E-state index contributed by atoms with van der Waals surface area (Å²) in [6.45, 7) is 4.29. The summed E-state index contributed by atoms with van der Waals surface area (Å²) in [7, 11) is 0. The summed E-state index contributed by atoms with van der Waals surface area (Å²) in [5.41, 5.74) is 2.54. The maximum Gasteiger partial charge on any atom is 0.306 e. The molecule has 0 atom stereocenters. The fourth-order valence-electron chi connectivity index (χ4n) is 2.97. The quantitative estimate of drug-likeness (QED) is 0.256. The molecule has 0 saturated carbocycles. The van der Waals surface area contributed by atoms with Crippen LogP contribution >= 0.6 is 12.2 Å². The van der Waals surface area contributed by atoms with Gasteiger partial charge in [0.1, 0.15) is 0 Å². The second-order valence-electron chi connectivity index (χ2n) is 8.04. The van der Waals surface area contributed by atoms with E-state index < -0.39 is 5.97 Å². The van der Waals surface area contributed by atoms with Crippen molar-refractivity contribution in [1.29, 1.82) is 0 Å². The maximum atomic E-state index is 12.0. The highest BCUT2D eigenvalue weighted by Gasteiger charge is 2.10. The summed E-state index contributed by atoms with van der Waals surface area (Å²) in [6.07, 6.45) is 2.00. The van der Waals surface area contributed by atoms with Gasteiger partial charge in [0.15, 0.2) is 5.11 Å². The first-order valence-electron chi connectivity index (χ1n) is 11.0. The molecule has 2 aromatic rings. The van der Waals surface area contributed by atoms with Gasteiger partial charge in [0.25, 0.3) is 0 Å². The van der Waals surface area contributed by atoms with Crippen molar-refractivity contribution in [2.45, 2.75) is 46.0 Å². The minimum Gasteiger partial charge on any atom is -0.466 e. The number of esters is 1. The molecule has 3 N–H and O–H groups in total. The Balaban J connectivity index is 1.62. The molecule has 2 rings (SSSR count). The van der Waals surface area contributed by atoms with Gasteiger partial charge in [-0.15, -0.1) is 0 Å². The van der Waals surface area contributed by atoms with E-state index >= 15 is 0 Å². The molecular weight excluding hydrogens is 438 g/mol. The average molecular weight is 470 g/mol. The van der Waals surface area contributed by atoms with E-state index in [2.05, 4.69) is 16.0 Å². The van der Waals surface area contributed by atoms with Crippen LogP contribution in [-0.2, 0) is 25.5 Å². The molecule has 0 aliphatic carbocycles. The highest BCUT2D eigenvalue weighted by Crippen LogP contribution is 2.14. The van der Waals surface area contributed by atoms with E-state index in [1.54, 1.807) is 24.3 Å². The van der Waals surface area contributed by atoms with Crippen molar-refractivity contribution in [2.75, 3.05) is 17.2 Å². The predicted octanol–water partition coefficient (Wildman–Crippen LogP) is 4.44. The Morgan fingerprint density at radius 3 is 2.15 bits per heavy atom. The zero-order valence-electron chi connectivity index (χ0n) is 19.1. The van der Waals surface area contributed by atoms with Crippen molar-refractivity contribution in [1.82, 2.24) is 5.32 Å². The monoisotopic (exact) mass is 469 g/mol. The van der Waals surface area contributed by atoms with Gasteiger partial charge in [-0.05, 0) is 60.8 Å². The van der Waals surface area contributed by atoms with E-state index in [0.717, 1.165) is 12.8 Å². The summed E-state index contributed by atoms with van der Waals surface area (Å²) in [5.74, 6) is -0.532. The van der Waals surface area contributed by atoms with Crippen LogP contribution in [0.25, 0.3) is 0 Å². The number of benzene rings is 2. The maximum absolute atomic E-state index is 12.0. The highest BCUT2D eigenvalue weighted by atomic mass is 32.1. The second-order valence-corrected chi connectivity index (χ2v) is 8.44. The molecule has 8 heteroatoms. The summed E-state index contributed by atoms with van der Waals surface area (Å²) in [4.78, 5) is 35.7. The lowest BCUT2D eigenvalue weighted by atomic mass is 10.1. The molecule has 0 unspecified atom stereocenters. The molecule has 7 nitrogen and oxygen atoms in total. The lowest BCUT2D eigenvalue weighted by molar-refractivity contribution is -0.145. The largest absolute Gasteiger partial charge is 0.466 e. The van der Waals surface area contributed by atoms with Crippen LogP contribution in [0.4, 0.5) is 11.4 Å². The molecule has 33 heavy (non-hydrogen) atoms. The van der Waals surface area contributed by atoms with Crippen LogP contribution in [0.3, 0.4) is 0 Å². The molecule has 0 aliphatic rings. The van der Waals surface area contributed by atoms with Crippen LogP contribution < -0.4 is 16.0 Å². The number of hydrogen-bond acceptors (Lipinski definition) is 5. The lowest BCUT2D eigenvalue weighted by Crippen LogP contribution is -2.34. The average Bonchev–Trinajstić information content (AvgIpc) is 2.77. The van der Waals surface area contributed by atoms with Gasteiger partial charge in [-0.2, -0.15) is 0 Å². The number of carbonyl (C=O) groups excluding carboxylic acids is 3. The molecule has 0 spiro atoms. The van der Waals surface area contributed by atoms with Gasteiger partial charge in [-0.3, -0.25) is 14.4 Å². The molecular formula is C25H31N3O4S. The third-order valence-electron chi connectivity index (χ3n) is 4.54. The normalized spacial score (nSPS) is 10.4. The highest BCUT2D eigenvalue weighted by molar-refractivity contribution is 7.80. The third-order valence-corrected chi connectivity index (χ3v) is 4.75. The molecule has 0 heterocycles. The molecule has 0 aromatic heterocycles. The first kappa shape index (κ1) is 26.0. The number of amides is 2. The molecule has 0 aliphatic heterocycles. The lowest BCUT2D eigenvalue weighted by Gasteiger charge is -2.11. The zero-order valence-corrected chi connectivity index (χ0v) is 19.9. The number of carbonyl (C=O) groups is 3. The Bertz CT molecular complexity index is 930. The molecule has 0 fully saturated rings. The van der Waals surface area contributed by atoms with Crippen LogP contribution in [-0.4, -0.2) is 29.5 Å². The molecule has 176 valence electrons.